The van der Waals surface area contributed by atoms with Gasteiger partial charge >= 0.3 is 0 Å². The summed E-state index contributed by atoms with van der Waals surface area (Å²) in [6.07, 6.45) is 1.52. The number of nitrogens with one attached hydrogen (secondary N) is 1. The summed E-state index contributed by atoms with van der Waals surface area (Å²) in [4.78, 5) is 28.0. The number of anilines is 1. The molecule has 120 valence electrons. The first-order valence-electron chi connectivity index (χ1n) is 6.84. The average molecular weight is 326 g/mol. The lowest BCUT2D eigenvalue weighted by Crippen LogP contribution is -2.17. The minimum absolute atomic E-state index is 0.0934. The van der Waals surface area contributed by atoms with Crippen LogP contribution in [-0.4, -0.2) is 22.0 Å². The number of carbonyl (C=O) groups excluding carboxylic acids is 2. The molecule has 7 nitrogen and oxygen atoms in total. The molecule has 0 unspecified atom stereocenters. The van der Waals surface area contributed by atoms with Gasteiger partial charge in [0.2, 0.25) is 5.88 Å². The zero-order valence-electron chi connectivity index (χ0n) is 12.2. The SMILES string of the molecule is NC(=O)c1c(-c2ccccn2)noc1NC(=O)c1ccc(F)cc1. The monoisotopic (exact) mass is 326 g/mol. The molecule has 2 aromatic heterocycles. The smallest absolute Gasteiger partial charge is 0.258 e. The first kappa shape index (κ1) is 15.3. The van der Waals surface area contributed by atoms with E-state index in [0.717, 1.165) is 12.1 Å². The van der Waals surface area contributed by atoms with Crippen LogP contribution in [-0.2, 0) is 0 Å². The molecule has 0 aliphatic heterocycles. The molecule has 8 heteroatoms. The van der Waals surface area contributed by atoms with Crippen molar-refractivity contribution in [2.75, 3.05) is 5.32 Å². The molecule has 3 aromatic rings. The maximum Gasteiger partial charge on any atom is 0.258 e. The highest BCUT2D eigenvalue weighted by molar-refractivity contribution is 6.09. The van der Waals surface area contributed by atoms with E-state index in [0.29, 0.717) is 5.69 Å². The Bertz CT molecular complexity index is 891. The van der Waals surface area contributed by atoms with Gasteiger partial charge in [0.05, 0.1) is 5.69 Å². The summed E-state index contributed by atoms with van der Waals surface area (Å²) in [5.41, 5.74) is 5.95. The second-order valence-corrected chi connectivity index (χ2v) is 4.78. The number of carbonyl (C=O) groups is 2. The largest absolute Gasteiger partial charge is 0.365 e. The Labute approximate surface area is 135 Å². The van der Waals surface area contributed by atoms with E-state index in [1.807, 2.05) is 0 Å². The molecule has 3 N–H and O–H groups in total. The van der Waals surface area contributed by atoms with E-state index in [-0.39, 0.29) is 22.7 Å². The van der Waals surface area contributed by atoms with Gasteiger partial charge in [-0.25, -0.2) is 4.39 Å². The highest BCUT2D eigenvalue weighted by atomic mass is 19.1. The van der Waals surface area contributed by atoms with Gasteiger partial charge in [-0.2, -0.15) is 0 Å². The molecular weight excluding hydrogens is 315 g/mol. The zero-order valence-corrected chi connectivity index (χ0v) is 12.2. The third-order valence-corrected chi connectivity index (χ3v) is 3.18. The number of nitrogens with zero attached hydrogens (tertiary/aromatic N) is 2. The van der Waals surface area contributed by atoms with Crippen molar-refractivity contribution in [1.29, 1.82) is 0 Å². The van der Waals surface area contributed by atoms with Crippen LogP contribution in [0.5, 0.6) is 0 Å². The lowest BCUT2D eigenvalue weighted by molar-refractivity contribution is 0.100. The van der Waals surface area contributed by atoms with Gasteiger partial charge in [0.25, 0.3) is 11.8 Å². The van der Waals surface area contributed by atoms with Crippen LogP contribution in [0, 0.1) is 5.82 Å². The van der Waals surface area contributed by atoms with Crippen molar-refractivity contribution in [2.24, 2.45) is 5.73 Å². The fourth-order valence-corrected chi connectivity index (χ4v) is 2.06. The maximum atomic E-state index is 12.9. The predicted octanol–water partition coefficient (Wildman–Crippen LogP) is 2.23. The molecule has 0 spiro atoms. The molecule has 1 aromatic carbocycles. The molecule has 0 radical (unpaired) electrons. The quantitative estimate of drug-likeness (QED) is 0.763. The summed E-state index contributed by atoms with van der Waals surface area (Å²) in [6, 6.07) is 9.90. The Morgan fingerprint density at radius 3 is 2.50 bits per heavy atom. The van der Waals surface area contributed by atoms with Gasteiger partial charge in [-0.15, -0.1) is 0 Å². The minimum atomic E-state index is -0.827. The van der Waals surface area contributed by atoms with Crippen LogP contribution in [0.2, 0.25) is 0 Å². The Hall–Kier alpha value is -3.55. The van der Waals surface area contributed by atoms with Crippen molar-refractivity contribution in [3.63, 3.8) is 0 Å². The Kier molecular flexibility index (Phi) is 4.02. The van der Waals surface area contributed by atoms with Crippen LogP contribution in [0.15, 0.2) is 53.2 Å². The van der Waals surface area contributed by atoms with Crippen LogP contribution in [0.25, 0.3) is 11.4 Å². The van der Waals surface area contributed by atoms with Crippen molar-refractivity contribution in [3.8, 4) is 11.4 Å². The molecule has 0 aliphatic carbocycles. The molecular formula is C16H11FN4O3. The molecule has 0 fully saturated rings. The Balaban J connectivity index is 1.94. The molecule has 0 saturated heterocycles. The predicted molar refractivity (Wildman–Crippen MR) is 82.6 cm³/mol. The third-order valence-electron chi connectivity index (χ3n) is 3.18. The van der Waals surface area contributed by atoms with Crippen LogP contribution in [0.4, 0.5) is 10.3 Å². The number of aromatic nitrogens is 2. The summed E-state index contributed by atoms with van der Waals surface area (Å²) in [5, 5.41) is 6.15. The fourth-order valence-electron chi connectivity index (χ4n) is 2.06. The molecule has 3 rings (SSSR count). The molecule has 0 aliphatic rings. The molecule has 0 bridgehead atoms. The molecule has 2 heterocycles. The van der Waals surface area contributed by atoms with Crippen molar-refractivity contribution in [2.45, 2.75) is 0 Å². The molecule has 2 amide bonds. The van der Waals surface area contributed by atoms with Crippen LogP contribution in [0.1, 0.15) is 20.7 Å². The van der Waals surface area contributed by atoms with Gasteiger partial charge in [0.1, 0.15) is 17.1 Å². The third kappa shape index (κ3) is 2.98. The van der Waals surface area contributed by atoms with Gasteiger partial charge in [0.15, 0.2) is 0 Å². The number of nitrogens with two attached hydrogens (primary N) is 1. The summed E-state index contributed by atoms with van der Waals surface area (Å²) in [6.45, 7) is 0. The first-order chi connectivity index (χ1) is 11.6. The standard InChI is InChI=1S/C16H11FN4O3/c17-10-6-4-9(5-7-10)15(23)20-16-12(14(18)22)13(21-24-16)11-3-1-2-8-19-11/h1-8H,(H2,18,22)(H,20,23). The van der Waals surface area contributed by atoms with E-state index < -0.39 is 17.6 Å². The highest BCUT2D eigenvalue weighted by Crippen LogP contribution is 2.27. The van der Waals surface area contributed by atoms with Gasteiger partial charge in [-0.05, 0) is 36.4 Å². The maximum absolute atomic E-state index is 12.9. The van der Waals surface area contributed by atoms with E-state index in [4.69, 9.17) is 10.3 Å². The lowest BCUT2D eigenvalue weighted by atomic mass is 10.1. The van der Waals surface area contributed by atoms with Gasteiger partial charge in [-0.1, -0.05) is 11.2 Å². The topological polar surface area (TPSA) is 111 Å². The number of primary amides is 1. The second-order valence-electron chi connectivity index (χ2n) is 4.78. The number of hydrogen-bond donors (Lipinski definition) is 2. The number of halogens is 1. The van der Waals surface area contributed by atoms with E-state index in [2.05, 4.69) is 15.5 Å². The normalized spacial score (nSPS) is 10.4. The van der Waals surface area contributed by atoms with Crippen molar-refractivity contribution in [3.05, 3.63) is 65.6 Å². The lowest BCUT2D eigenvalue weighted by Gasteiger charge is -2.03. The Morgan fingerprint density at radius 2 is 1.88 bits per heavy atom. The van der Waals surface area contributed by atoms with Gasteiger partial charge < -0.3 is 10.3 Å². The summed E-state index contributed by atoms with van der Waals surface area (Å²) in [7, 11) is 0. The second kappa shape index (κ2) is 6.29. The zero-order chi connectivity index (χ0) is 17.1. The number of hydrogen-bond acceptors (Lipinski definition) is 5. The van der Waals surface area contributed by atoms with Crippen LogP contribution < -0.4 is 11.1 Å². The fraction of sp³-hybridized carbons (Fsp3) is 0. The number of pyridine rings is 1. The molecule has 0 saturated carbocycles. The van der Waals surface area contributed by atoms with Crippen molar-refractivity contribution in [1.82, 2.24) is 10.1 Å². The minimum Gasteiger partial charge on any atom is -0.365 e. The molecule has 24 heavy (non-hydrogen) atoms. The van der Waals surface area contributed by atoms with E-state index in [1.54, 1.807) is 18.2 Å². The number of benzene rings is 1. The summed E-state index contributed by atoms with van der Waals surface area (Å²) in [5.74, 6) is -2.09. The van der Waals surface area contributed by atoms with Crippen LogP contribution in [0.3, 0.4) is 0 Å². The Morgan fingerprint density at radius 1 is 1.12 bits per heavy atom. The molecule has 0 atom stereocenters. The van der Waals surface area contributed by atoms with Gasteiger partial charge in [0, 0.05) is 11.8 Å². The van der Waals surface area contributed by atoms with Crippen molar-refractivity contribution < 1.29 is 18.5 Å². The summed E-state index contributed by atoms with van der Waals surface area (Å²) < 4.78 is 17.9. The van der Waals surface area contributed by atoms with E-state index in [1.165, 1.54) is 18.3 Å². The number of amides is 2. The van der Waals surface area contributed by atoms with Crippen molar-refractivity contribution >= 4 is 17.7 Å². The first-order valence-corrected chi connectivity index (χ1v) is 6.84. The number of rotatable bonds is 4. The van der Waals surface area contributed by atoms with Gasteiger partial charge in [-0.3, -0.25) is 19.9 Å². The summed E-state index contributed by atoms with van der Waals surface area (Å²) >= 11 is 0. The van der Waals surface area contributed by atoms with E-state index >= 15 is 0 Å². The highest BCUT2D eigenvalue weighted by Gasteiger charge is 2.24. The van der Waals surface area contributed by atoms with E-state index in [9.17, 15) is 14.0 Å². The average Bonchev–Trinajstić information content (AvgIpc) is 3.00. The van der Waals surface area contributed by atoms with Crippen LogP contribution >= 0.6 is 0 Å².